The Balaban J connectivity index is 0.00000182. The molecule has 7 heteroatoms. The number of hydrogen-bond donors (Lipinski definition) is 2. The second kappa shape index (κ2) is 13.3. The molecule has 2 N–H and O–H groups in total. The first-order valence-electron chi connectivity index (χ1n) is 9.65. The zero-order chi connectivity index (χ0) is 17.3. The lowest BCUT2D eigenvalue weighted by Gasteiger charge is -2.26. The average Bonchev–Trinajstić information content (AvgIpc) is 2.67. The number of piperidine rings is 1. The van der Waals surface area contributed by atoms with Crippen LogP contribution >= 0.6 is 24.8 Å². The van der Waals surface area contributed by atoms with Crippen molar-refractivity contribution < 1.29 is 9.53 Å². The van der Waals surface area contributed by atoms with E-state index in [4.69, 9.17) is 4.74 Å². The third-order valence-corrected chi connectivity index (χ3v) is 5.23. The summed E-state index contributed by atoms with van der Waals surface area (Å²) in [6.07, 6.45) is 4.08. The van der Waals surface area contributed by atoms with Gasteiger partial charge < -0.3 is 15.4 Å². The van der Waals surface area contributed by atoms with Gasteiger partial charge in [0.15, 0.2) is 0 Å². The van der Waals surface area contributed by atoms with Crippen molar-refractivity contribution in [2.45, 2.75) is 38.8 Å². The molecular weight excluding hydrogens is 385 g/mol. The highest BCUT2D eigenvalue weighted by atomic mass is 35.5. The Hall–Kier alpha value is -0.850. The molecule has 0 saturated carbocycles. The molecule has 154 valence electrons. The number of benzene rings is 1. The Labute approximate surface area is 175 Å². The summed E-state index contributed by atoms with van der Waals surface area (Å²) in [6.45, 7) is 7.43. The van der Waals surface area contributed by atoms with Crippen molar-refractivity contribution in [2.75, 3.05) is 39.4 Å². The summed E-state index contributed by atoms with van der Waals surface area (Å²) in [5, 5.41) is 6.45. The van der Waals surface area contributed by atoms with E-state index in [-0.39, 0.29) is 30.7 Å². The van der Waals surface area contributed by atoms with Crippen LogP contribution in [0.5, 0.6) is 0 Å². The summed E-state index contributed by atoms with van der Waals surface area (Å²) in [4.78, 5) is 14.5. The lowest BCUT2D eigenvalue weighted by molar-refractivity contribution is -0.121. The summed E-state index contributed by atoms with van der Waals surface area (Å²) >= 11 is 0. The minimum atomic E-state index is 0. The molecule has 0 aromatic heterocycles. The van der Waals surface area contributed by atoms with Crippen LogP contribution in [0.1, 0.15) is 36.8 Å². The van der Waals surface area contributed by atoms with Gasteiger partial charge in [0, 0.05) is 32.6 Å². The predicted molar refractivity (Wildman–Crippen MR) is 114 cm³/mol. The number of carbonyl (C=O) groups excluding carboxylic acids is 1. The Morgan fingerprint density at radius 1 is 1.15 bits per heavy atom. The Morgan fingerprint density at radius 2 is 1.85 bits per heavy atom. The highest BCUT2D eigenvalue weighted by molar-refractivity contribution is 5.85. The smallest absolute Gasteiger partial charge is 0.220 e. The molecule has 0 atom stereocenters. The fourth-order valence-corrected chi connectivity index (χ4v) is 3.65. The van der Waals surface area contributed by atoms with E-state index >= 15 is 0 Å². The first-order valence-corrected chi connectivity index (χ1v) is 9.65. The van der Waals surface area contributed by atoms with Crippen LogP contribution in [-0.2, 0) is 22.6 Å². The van der Waals surface area contributed by atoms with Gasteiger partial charge >= 0.3 is 0 Å². The molecule has 1 amide bonds. The molecular formula is C20H33Cl2N3O2. The van der Waals surface area contributed by atoms with Crippen LogP contribution in [0.15, 0.2) is 24.3 Å². The quantitative estimate of drug-likeness (QED) is 0.715. The Kier molecular flexibility index (Phi) is 12.0. The standard InChI is InChI=1S/C20H31N3O2.2ClH/c24-20(5-4-17-6-8-21-9-7-17)22-15-18-2-1-3-19(14-18)16-23-10-12-25-13-11-23;;/h1-3,14,17,21H,4-13,15-16H2,(H,22,24);2*1H. The monoisotopic (exact) mass is 417 g/mol. The van der Waals surface area contributed by atoms with Gasteiger partial charge in [-0.25, -0.2) is 0 Å². The molecule has 1 aromatic carbocycles. The second-order valence-corrected chi connectivity index (χ2v) is 7.22. The molecule has 2 aliphatic rings. The molecule has 0 bridgehead atoms. The minimum absolute atomic E-state index is 0. The van der Waals surface area contributed by atoms with Crippen molar-refractivity contribution in [3.05, 3.63) is 35.4 Å². The number of nitrogens with zero attached hydrogens (tertiary/aromatic N) is 1. The van der Waals surface area contributed by atoms with Crippen molar-refractivity contribution >= 4 is 30.7 Å². The van der Waals surface area contributed by atoms with E-state index in [1.807, 2.05) is 0 Å². The number of ether oxygens (including phenoxy) is 1. The summed E-state index contributed by atoms with van der Waals surface area (Å²) in [7, 11) is 0. The van der Waals surface area contributed by atoms with Gasteiger partial charge in [-0.1, -0.05) is 24.3 Å². The van der Waals surface area contributed by atoms with E-state index in [0.717, 1.165) is 52.4 Å². The van der Waals surface area contributed by atoms with Gasteiger partial charge in [-0.15, -0.1) is 24.8 Å². The SMILES string of the molecule is Cl.Cl.O=C(CCC1CCNCC1)NCc1cccc(CN2CCOCC2)c1. The lowest BCUT2D eigenvalue weighted by Crippen LogP contribution is -2.35. The van der Waals surface area contributed by atoms with Crippen LogP contribution in [0.2, 0.25) is 0 Å². The third kappa shape index (κ3) is 8.79. The Bertz CT molecular complexity index is 548. The number of halogens is 2. The van der Waals surface area contributed by atoms with Crippen LogP contribution in [0.25, 0.3) is 0 Å². The van der Waals surface area contributed by atoms with Crippen molar-refractivity contribution in [3.63, 3.8) is 0 Å². The molecule has 2 aliphatic heterocycles. The molecule has 2 fully saturated rings. The maximum Gasteiger partial charge on any atom is 0.220 e. The number of carbonyl (C=O) groups is 1. The number of rotatable bonds is 7. The van der Waals surface area contributed by atoms with E-state index in [1.165, 1.54) is 24.0 Å². The van der Waals surface area contributed by atoms with Gasteiger partial charge in [-0.05, 0) is 49.4 Å². The zero-order valence-electron chi connectivity index (χ0n) is 16.0. The molecule has 2 heterocycles. The highest BCUT2D eigenvalue weighted by Gasteiger charge is 2.14. The van der Waals surface area contributed by atoms with Gasteiger partial charge in [0.2, 0.25) is 5.91 Å². The molecule has 0 radical (unpaired) electrons. The molecule has 3 rings (SSSR count). The molecule has 0 aliphatic carbocycles. The van der Waals surface area contributed by atoms with E-state index in [1.54, 1.807) is 0 Å². The maximum absolute atomic E-state index is 12.1. The van der Waals surface area contributed by atoms with Gasteiger partial charge in [0.25, 0.3) is 0 Å². The second-order valence-electron chi connectivity index (χ2n) is 7.22. The molecule has 0 spiro atoms. The molecule has 1 aromatic rings. The van der Waals surface area contributed by atoms with Crippen molar-refractivity contribution in [3.8, 4) is 0 Å². The Morgan fingerprint density at radius 3 is 2.59 bits per heavy atom. The van der Waals surface area contributed by atoms with Crippen LogP contribution < -0.4 is 10.6 Å². The van der Waals surface area contributed by atoms with Gasteiger partial charge in [0.05, 0.1) is 13.2 Å². The van der Waals surface area contributed by atoms with E-state index in [0.29, 0.717) is 18.9 Å². The van der Waals surface area contributed by atoms with E-state index < -0.39 is 0 Å². The maximum atomic E-state index is 12.1. The topological polar surface area (TPSA) is 53.6 Å². The summed E-state index contributed by atoms with van der Waals surface area (Å²) in [5.41, 5.74) is 2.49. The van der Waals surface area contributed by atoms with Crippen molar-refractivity contribution in [2.24, 2.45) is 5.92 Å². The van der Waals surface area contributed by atoms with Crippen LogP contribution in [0.3, 0.4) is 0 Å². The van der Waals surface area contributed by atoms with Gasteiger partial charge in [-0.3, -0.25) is 9.69 Å². The fourth-order valence-electron chi connectivity index (χ4n) is 3.65. The number of amides is 1. The van der Waals surface area contributed by atoms with Crippen molar-refractivity contribution in [1.82, 2.24) is 15.5 Å². The predicted octanol–water partition coefficient (Wildman–Crippen LogP) is 2.76. The van der Waals surface area contributed by atoms with Crippen LogP contribution in [0.4, 0.5) is 0 Å². The normalized spacial score (nSPS) is 18.2. The third-order valence-electron chi connectivity index (χ3n) is 5.23. The van der Waals surface area contributed by atoms with Gasteiger partial charge in [0.1, 0.15) is 0 Å². The molecule has 2 saturated heterocycles. The van der Waals surface area contributed by atoms with Gasteiger partial charge in [-0.2, -0.15) is 0 Å². The number of hydrogen-bond acceptors (Lipinski definition) is 4. The highest BCUT2D eigenvalue weighted by Crippen LogP contribution is 2.17. The average molecular weight is 418 g/mol. The zero-order valence-corrected chi connectivity index (χ0v) is 17.6. The lowest BCUT2D eigenvalue weighted by atomic mass is 9.93. The molecule has 5 nitrogen and oxygen atoms in total. The van der Waals surface area contributed by atoms with Crippen LogP contribution in [0, 0.1) is 5.92 Å². The van der Waals surface area contributed by atoms with E-state index in [2.05, 4.69) is 39.8 Å². The summed E-state index contributed by atoms with van der Waals surface area (Å²) < 4.78 is 5.40. The van der Waals surface area contributed by atoms with Crippen molar-refractivity contribution in [1.29, 1.82) is 0 Å². The summed E-state index contributed by atoms with van der Waals surface area (Å²) in [6, 6.07) is 8.56. The minimum Gasteiger partial charge on any atom is -0.379 e. The fraction of sp³-hybridized carbons (Fsp3) is 0.650. The molecule has 27 heavy (non-hydrogen) atoms. The van der Waals surface area contributed by atoms with E-state index in [9.17, 15) is 4.79 Å². The number of nitrogens with one attached hydrogen (secondary N) is 2. The summed E-state index contributed by atoms with van der Waals surface area (Å²) in [5.74, 6) is 0.890. The van der Waals surface area contributed by atoms with Crippen LogP contribution in [-0.4, -0.2) is 50.2 Å². The largest absolute Gasteiger partial charge is 0.379 e. The number of morpholine rings is 1. The first-order chi connectivity index (χ1) is 12.3. The molecule has 0 unspecified atom stereocenters. The first kappa shape index (κ1) is 24.2.